The van der Waals surface area contributed by atoms with Crippen molar-refractivity contribution in [1.82, 2.24) is 14.9 Å². The molecule has 2 aromatic heterocycles. The maximum absolute atomic E-state index is 13.3. The van der Waals surface area contributed by atoms with Crippen LogP contribution in [-0.2, 0) is 22.4 Å². The number of carbonyl (C=O) groups is 1. The zero-order chi connectivity index (χ0) is 23.8. The number of amides is 1. The maximum Gasteiger partial charge on any atom is 0.226 e. The number of benzene rings is 1. The molecule has 3 heterocycles. The van der Waals surface area contributed by atoms with E-state index in [9.17, 15) is 4.79 Å². The van der Waals surface area contributed by atoms with Crippen molar-refractivity contribution in [2.75, 3.05) is 37.9 Å². The van der Waals surface area contributed by atoms with Crippen LogP contribution in [0.15, 0.2) is 18.5 Å². The van der Waals surface area contributed by atoms with Gasteiger partial charge in [0.2, 0.25) is 5.91 Å². The first-order valence-corrected chi connectivity index (χ1v) is 12.2. The number of nitrogens with zero attached hydrogens (tertiary/aromatic N) is 3. The van der Waals surface area contributed by atoms with Crippen LogP contribution in [0.3, 0.4) is 0 Å². The molecule has 1 amide bonds. The highest BCUT2D eigenvalue weighted by atomic mass is 32.1. The minimum absolute atomic E-state index is 0.00896. The van der Waals surface area contributed by atoms with Gasteiger partial charge in [0.25, 0.3) is 0 Å². The molecule has 0 radical (unpaired) electrons. The Morgan fingerprint density at radius 2 is 2.26 bits per heavy atom. The van der Waals surface area contributed by atoms with Crippen molar-refractivity contribution in [3.05, 3.63) is 34.5 Å². The second-order valence-corrected chi connectivity index (χ2v) is 9.86. The summed E-state index contributed by atoms with van der Waals surface area (Å²) in [6, 6.07) is 3.71. The minimum Gasteiger partial charge on any atom is -0.494 e. The molecule has 0 bridgehead atoms. The fourth-order valence-corrected chi connectivity index (χ4v) is 6.12. The number of nitrogen functional groups attached to an aromatic ring is 1. The lowest BCUT2D eigenvalue weighted by atomic mass is 9.86. The summed E-state index contributed by atoms with van der Waals surface area (Å²) in [5.74, 6) is 1.54. The van der Waals surface area contributed by atoms with Crippen molar-refractivity contribution >= 4 is 50.9 Å². The first-order chi connectivity index (χ1) is 16.5. The first-order valence-electron chi connectivity index (χ1n) is 11.4. The van der Waals surface area contributed by atoms with Gasteiger partial charge in [-0.3, -0.25) is 10.2 Å². The Labute approximate surface area is 201 Å². The molecule has 5 N–H and O–H groups in total. The Balaban J connectivity index is 1.46. The number of fused-ring (bicyclic) bond motifs is 3. The summed E-state index contributed by atoms with van der Waals surface area (Å²) in [4.78, 5) is 26.4. The van der Waals surface area contributed by atoms with Gasteiger partial charge in [-0.05, 0) is 37.8 Å². The van der Waals surface area contributed by atoms with E-state index in [-0.39, 0.29) is 17.9 Å². The number of morpholine rings is 1. The fourth-order valence-electron chi connectivity index (χ4n) is 4.86. The summed E-state index contributed by atoms with van der Waals surface area (Å²) in [6.07, 6.45) is 5.38. The number of thiophene rings is 1. The third-order valence-electron chi connectivity index (χ3n) is 6.68. The van der Waals surface area contributed by atoms with Gasteiger partial charge in [0.05, 0.1) is 43.0 Å². The van der Waals surface area contributed by atoms with E-state index < -0.39 is 0 Å². The third kappa shape index (κ3) is 3.97. The number of nitrogens with two attached hydrogens (primary N) is 2. The average Bonchev–Trinajstić information content (AvgIpc) is 3.23. The summed E-state index contributed by atoms with van der Waals surface area (Å²) in [5.41, 5.74) is 9.24. The molecule has 1 fully saturated rings. The molecule has 1 aliphatic heterocycles. The third-order valence-corrected chi connectivity index (χ3v) is 7.85. The van der Waals surface area contributed by atoms with Crippen LogP contribution in [-0.4, -0.2) is 59.9 Å². The first kappa shape index (κ1) is 22.5. The Kier molecular flexibility index (Phi) is 6.09. The Bertz CT molecular complexity index is 1260. The normalized spacial score (nSPS) is 20.1. The molecule has 5 rings (SSSR count). The molecule has 1 aliphatic carbocycles. The molecule has 2 atom stereocenters. The molecule has 0 unspecified atom stereocenters. The highest BCUT2D eigenvalue weighted by molar-refractivity contribution is 7.19. The van der Waals surface area contributed by atoms with Gasteiger partial charge in [0.15, 0.2) is 6.21 Å². The van der Waals surface area contributed by atoms with E-state index in [1.807, 2.05) is 11.0 Å². The van der Waals surface area contributed by atoms with Gasteiger partial charge in [-0.25, -0.2) is 9.97 Å². The van der Waals surface area contributed by atoms with Crippen LogP contribution in [0.5, 0.6) is 5.75 Å². The van der Waals surface area contributed by atoms with Crippen LogP contribution in [0.4, 0.5) is 17.2 Å². The molecule has 10 heteroatoms. The van der Waals surface area contributed by atoms with Gasteiger partial charge < -0.3 is 25.4 Å². The number of ether oxygens (including phenoxy) is 2. The molecule has 178 valence electrons. The number of anilines is 3. The number of carbonyl (C=O) groups excluding carboxylic acids is 1. The zero-order valence-corrected chi connectivity index (χ0v) is 20.2. The SMILES string of the molecule is COc1cc(N)c(C=[NH2+])cc1Nc1ncnc2sc3c(c12)CC[C@H](C(=O)N1CCOC[C@@H]1C)C3. The van der Waals surface area contributed by atoms with Crippen LogP contribution >= 0.6 is 11.3 Å². The molecular formula is C24H29N6O3S+. The topological polar surface area (TPSA) is 128 Å². The molecule has 9 nitrogen and oxygen atoms in total. The van der Waals surface area contributed by atoms with Crippen molar-refractivity contribution in [3.63, 3.8) is 0 Å². The highest BCUT2D eigenvalue weighted by Crippen LogP contribution is 2.42. The van der Waals surface area contributed by atoms with Crippen LogP contribution in [0.2, 0.25) is 0 Å². The van der Waals surface area contributed by atoms with Crippen molar-refractivity contribution < 1.29 is 19.7 Å². The lowest BCUT2D eigenvalue weighted by Crippen LogP contribution is -2.50. The minimum atomic E-state index is -0.00896. The summed E-state index contributed by atoms with van der Waals surface area (Å²) >= 11 is 1.65. The number of aromatic nitrogens is 2. The van der Waals surface area contributed by atoms with Crippen molar-refractivity contribution in [2.45, 2.75) is 32.2 Å². The zero-order valence-electron chi connectivity index (χ0n) is 19.3. The second-order valence-electron chi connectivity index (χ2n) is 8.77. The van der Waals surface area contributed by atoms with Crippen LogP contribution in [0.1, 0.15) is 29.3 Å². The van der Waals surface area contributed by atoms with E-state index in [1.54, 1.807) is 30.8 Å². The van der Waals surface area contributed by atoms with Crippen LogP contribution in [0.25, 0.3) is 10.2 Å². The van der Waals surface area contributed by atoms with E-state index >= 15 is 0 Å². The van der Waals surface area contributed by atoms with E-state index in [2.05, 4.69) is 22.2 Å². The van der Waals surface area contributed by atoms with Gasteiger partial charge >= 0.3 is 0 Å². The van der Waals surface area contributed by atoms with Crippen molar-refractivity contribution in [2.24, 2.45) is 5.92 Å². The molecule has 34 heavy (non-hydrogen) atoms. The number of aryl methyl sites for hydroxylation is 1. The predicted octanol–water partition coefficient (Wildman–Crippen LogP) is 1.56. The quantitative estimate of drug-likeness (QED) is 0.373. The van der Waals surface area contributed by atoms with Crippen molar-refractivity contribution in [3.8, 4) is 5.75 Å². The van der Waals surface area contributed by atoms with Gasteiger partial charge in [-0.15, -0.1) is 11.3 Å². The van der Waals surface area contributed by atoms with Crippen molar-refractivity contribution in [1.29, 1.82) is 0 Å². The number of nitrogens with one attached hydrogen (secondary N) is 1. The number of hydrogen-bond donors (Lipinski definition) is 3. The monoisotopic (exact) mass is 481 g/mol. The second kappa shape index (κ2) is 9.19. The van der Waals surface area contributed by atoms with E-state index in [4.69, 9.17) is 20.6 Å². The van der Waals surface area contributed by atoms with E-state index in [0.717, 1.165) is 35.2 Å². The van der Waals surface area contributed by atoms with E-state index in [0.29, 0.717) is 42.6 Å². The summed E-state index contributed by atoms with van der Waals surface area (Å²) in [6.45, 7) is 3.94. The standard InChI is InChI=1S/C24H28N6O3S/c1-13-11-33-6-5-30(13)24(31)14-3-4-16-20(8-14)34-23-21(16)22(27-12-28-23)29-18-7-15(10-25)17(26)9-19(18)32-2/h7,9-10,12-14,25H,3-6,8,11,26H2,1-2H3,(H,27,28,29)/p+1/t13-,14-/m0/s1. The molecule has 3 aromatic rings. The lowest BCUT2D eigenvalue weighted by molar-refractivity contribution is -0.143. The van der Waals surface area contributed by atoms with Crippen LogP contribution < -0.4 is 21.2 Å². The Hall–Kier alpha value is -3.24. The van der Waals surface area contributed by atoms with Gasteiger partial charge in [-0.2, -0.15) is 0 Å². The number of rotatable bonds is 5. The lowest BCUT2D eigenvalue weighted by Gasteiger charge is -2.36. The maximum atomic E-state index is 13.3. The van der Waals surface area contributed by atoms with Gasteiger partial charge in [0.1, 0.15) is 22.7 Å². The van der Waals surface area contributed by atoms with E-state index in [1.165, 1.54) is 16.7 Å². The number of hydrogen-bond acceptors (Lipinski definition) is 8. The molecule has 1 saturated heterocycles. The average molecular weight is 482 g/mol. The summed E-state index contributed by atoms with van der Waals surface area (Å²) in [5, 5.41) is 10.1. The molecular weight excluding hydrogens is 452 g/mol. The summed E-state index contributed by atoms with van der Waals surface area (Å²) < 4.78 is 11.0. The predicted molar refractivity (Wildman–Crippen MR) is 133 cm³/mol. The highest BCUT2D eigenvalue weighted by Gasteiger charge is 2.34. The summed E-state index contributed by atoms with van der Waals surface area (Å²) in [7, 11) is 1.60. The molecule has 0 spiro atoms. The van der Waals surface area contributed by atoms with Gasteiger partial charge in [-0.1, -0.05) is 0 Å². The Morgan fingerprint density at radius 3 is 3.03 bits per heavy atom. The molecule has 2 aliphatic rings. The van der Waals surface area contributed by atoms with Crippen LogP contribution in [0, 0.1) is 5.92 Å². The smallest absolute Gasteiger partial charge is 0.226 e. The Morgan fingerprint density at radius 1 is 1.41 bits per heavy atom. The fraction of sp³-hybridized carbons (Fsp3) is 0.417. The number of methoxy groups -OCH3 is 1. The molecule has 0 saturated carbocycles. The van der Waals surface area contributed by atoms with Gasteiger partial charge in [0, 0.05) is 29.1 Å². The molecule has 1 aromatic carbocycles. The largest absolute Gasteiger partial charge is 0.494 e.